The summed E-state index contributed by atoms with van der Waals surface area (Å²) < 4.78 is 11.4. The Morgan fingerprint density at radius 3 is 2.09 bits per heavy atom. The van der Waals surface area contributed by atoms with Gasteiger partial charge in [0, 0.05) is 19.8 Å². The molecule has 3 fully saturated rings. The van der Waals surface area contributed by atoms with Crippen molar-refractivity contribution < 1.29 is 14.3 Å². The molecule has 0 saturated heterocycles. The Morgan fingerprint density at radius 1 is 0.938 bits per heavy atom. The number of hydrogen-bond donors (Lipinski definition) is 1. The van der Waals surface area contributed by atoms with Gasteiger partial charge in [-0.1, -0.05) is 19.4 Å². The monoisotopic (exact) mass is 444 g/mol. The van der Waals surface area contributed by atoms with Crippen LogP contribution in [-0.2, 0) is 14.3 Å². The van der Waals surface area contributed by atoms with Crippen LogP contribution in [0.4, 0.5) is 0 Å². The average Bonchev–Trinajstić information content (AvgIpc) is 2.84. The Bertz CT molecular complexity index is 632. The predicted molar refractivity (Wildman–Crippen MR) is 127 cm³/mol. The van der Waals surface area contributed by atoms with E-state index in [1.807, 2.05) is 13.2 Å². The molecule has 0 unspecified atom stereocenters. The number of unbranched alkanes of at least 4 members (excludes halogenated alkanes) is 1. The fourth-order valence-electron chi connectivity index (χ4n) is 6.01. The number of ether oxygens (including phenoxy) is 2. The number of nitrogens with zero attached hydrogens (tertiary/aromatic N) is 1. The number of allylic oxidation sites excluding steroid dienone is 1. The van der Waals surface area contributed by atoms with E-state index in [-0.39, 0.29) is 11.9 Å². The fourth-order valence-corrected chi connectivity index (χ4v) is 6.01. The second-order valence-electron chi connectivity index (χ2n) is 10.3. The maximum Gasteiger partial charge on any atom is 0.261 e. The summed E-state index contributed by atoms with van der Waals surface area (Å²) in [6, 6.07) is 2.35. The Hall–Kier alpha value is -1.38. The van der Waals surface area contributed by atoms with E-state index in [0.717, 1.165) is 69.8 Å². The maximum atomic E-state index is 12.7. The lowest BCUT2D eigenvalue weighted by Gasteiger charge is -2.37. The number of hydrogen-bond acceptors (Lipinski definition) is 4. The van der Waals surface area contributed by atoms with Crippen LogP contribution in [-0.4, -0.2) is 37.9 Å². The van der Waals surface area contributed by atoms with Crippen LogP contribution < -0.4 is 5.32 Å². The molecular weight excluding hydrogens is 400 g/mol. The predicted octanol–water partition coefficient (Wildman–Crippen LogP) is 5.69. The first kappa shape index (κ1) is 25.2. The molecule has 1 amide bonds. The number of carbonyl (C=O) groups is 1. The third-order valence-corrected chi connectivity index (χ3v) is 8.16. The molecule has 0 bridgehead atoms. The zero-order valence-electron chi connectivity index (χ0n) is 20.3. The Labute approximate surface area is 195 Å². The van der Waals surface area contributed by atoms with E-state index in [1.165, 1.54) is 38.5 Å². The van der Waals surface area contributed by atoms with Crippen LogP contribution in [0.3, 0.4) is 0 Å². The van der Waals surface area contributed by atoms with Crippen molar-refractivity contribution in [2.75, 3.05) is 13.7 Å². The number of methoxy groups -OCH3 is 1. The van der Waals surface area contributed by atoms with Gasteiger partial charge in [0.1, 0.15) is 11.6 Å². The van der Waals surface area contributed by atoms with Crippen LogP contribution in [0.25, 0.3) is 0 Å². The number of nitrogens with one attached hydrogen (secondary N) is 1. The molecular formula is C27H44N2O3. The van der Waals surface area contributed by atoms with Crippen molar-refractivity contribution in [3.8, 4) is 6.07 Å². The number of rotatable bonds is 9. The van der Waals surface area contributed by atoms with Gasteiger partial charge in [-0.25, -0.2) is 0 Å². The molecule has 0 aromatic rings. The van der Waals surface area contributed by atoms with E-state index in [0.29, 0.717) is 23.7 Å². The highest BCUT2D eigenvalue weighted by Crippen LogP contribution is 2.41. The summed E-state index contributed by atoms with van der Waals surface area (Å²) in [4.78, 5) is 12.7. The van der Waals surface area contributed by atoms with Gasteiger partial charge in [0.2, 0.25) is 0 Å². The summed E-state index contributed by atoms with van der Waals surface area (Å²) >= 11 is 0. The molecule has 0 atom stereocenters. The van der Waals surface area contributed by atoms with Gasteiger partial charge in [0.25, 0.3) is 5.91 Å². The van der Waals surface area contributed by atoms with Crippen molar-refractivity contribution in [2.45, 2.75) is 115 Å². The van der Waals surface area contributed by atoms with Gasteiger partial charge in [0.05, 0.1) is 12.2 Å². The summed E-state index contributed by atoms with van der Waals surface area (Å²) in [5.41, 5.74) is 0.315. The minimum Gasteiger partial charge on any atom is -0.381 e. The first-order chi connectivity index (χ1) is 15.6. The SMILES string of the molecule is CCCCOC1CCC(NC(=O)C(C#N)=CC2CCC(C3CCC(OC)CC3)CC2)CC1. The Kier molecular flexibility index (Phi) is 10.5. The van der Waals surface area contributed by atoms with Crippen molar-refractivity contribution >= 4 is 5.91 Å². The molecule has 3 rings (SSSR count). The van der Waals surface area contributed by atoms with Crippen LogP contribution in [0.15, 0.2) is 11.6 Å². The number of nitriles is 1. The molecule has 3 aliphatic rings. The summed E-state index contributed by atoms with van der Waals surface area (Å²) in [6.45, 7) is 3.02. The van der Waals surface area contributed by atoms with Gasteiger partial charge in [-0.05, 0) is 101 Å². The summed E-state index contributed by atoms with van der Waals surface area (Å²) in [7, 11) is 1.83. The average molecular weight is 445 g/mol. The first-order valence-electron chi connectivity index (χ1n) is 13.2. The minimum atomic E-state index is -0.178. The fraction of sp³-hybridized carbons (Fsp3) is 0.852. The molecule has 0 spiro atoms. The minimum absolute atomic E-state index is 0.170. The van der Waals surface area contributed by atoms with Crippen molar-refractivity contribution in [3.63, 3.8) is 0 Å². The third-order valence-electron chi connectivity index (χ3n) is 8.16. The molecule has 0 heterocycles. The summed E-state index contributed by atoms with van der Waals surface area (Å²) in [5.74, 6) is 1.84. The van der Waals surface area contributed by atoms with E-state index in [2.05, 4.69) is 18.3 Å². The zero-order chi connectivity index (χ0) is 22.8. The number of carbonyl (C=O) groups excluding carboxylic acids is 1. The van der Waals surface area contributed by atoms with Crippen LogP contribution in [0.2, 0.25) is 0 Å². The maximum absolute atomic E-state index is 12.7. The molecule has 1 N–H and O–H groups in total. The van der Waals surface area contributed by atoms with Crippen molar-refractivity contribution in [1.82, 2.24) is 5.32 Å². The smallest absolute Gasteiger partial charge is 0.261 e. The van der Waals surface area contributed by atoms with Gasteiger partial charge >= 0.3 is 0 Å². The summed E-state index contributed by atoms with van der Waals surface area (Å²) in [6.07, 6.45) is 18.6. The molecule has 0 aromatic carbocycles. The van der Waals surface area contributed by atoms with Crippen LogP contribution in [0.5, 0.6) is 0 Å². The molecule has 32 heavy (non-hydrogen) atoms. The molecule has 5 nitrogen and oxygen atoms in total. The van der Waals surface area contributed by atoms with E-state index in [4.69, 9.17) is 9.47 Å². The highest BCUT2D eigenvalue weighted by Gasteiger charge is 2.31. The van der Waals surface area contributed by atoms with Crippen LogP contribution in [0, 0.1) is 29.1 Å². The lowest BCUT2D eigenvalue weighted by molar-refractivity contribution is -0.118. The van der Waals surface area contributed by atoms with Crippen molar-refractivity contribution in [3.05, 3.63) is 11.6 Å². The molecule has 5 heteroatoms. The Morgan fingerprint density at radius 2 is 1.53 bits per heavy atom. The van der Waals surface area contributed by atoms with Gasteiger partial charge in [-0.3, -0.25) is 4.79 Å². The molecule has 3 aliphatic carbocycles. The van der Waals surface area contributed by atoms with Crippen LogP contribution in [0.1, 0.15) is 96.8 Å². The van der Waals surface area contributed by atoms with Gasteiger partial charge < -0.3 is 14.8 Å². The van der Waals surface area contributed by atoms with Crippen molar-refractivity contribution in [2.24, 2.45) is 17.8 Å². The number of amides is 1. The second-order valence-corrected chi connectivity index (χ2v) is 10.3. The van der Waals surface area contributed by atoms with Crippen LogP contribution >= 0.6 is 0 Å². The lowest BCUT2D eigenvalue weighted by atomic mass is 9.70. The van der Waals surface area contributed by atoms with Gasteiger partial charge in [-0.2, -0.15) is 5.26 Å². The highest BCUT2D eigenvalue weighted by molar-refractivity contribution is 5.97. The molecule has 180 valence electrons. The second kappa shape index (κ2) is 13.4. The highest BCUT2D eigenvalue weighted by atomic mass is 16.5. The van der Waals surface area contributed by atoms with E-state index in [1.54, 1.807) is 0 Å². The van der Waals surface area contributed by atoms with E-state index < -0.39 is 0 Å². The standard InChI is InChI=1S/C27H44N2O3/c1-3-4-17-32-26-15-11-24(12-16-26)29-27(30)23(19-28)18-20-5-7-21(8-6-20)22-9-13-25(31-2)14-10-22/h18,20-22,24-26H,3-17H2,1-2H3,(H,29,30). The quantitative estimate of drug-likeness (QED) is 0.282. The normalized spacial score (nSPS) is 34.0. The van der Waals surface area contributed by atoms with Crippen molar-refractivity contribution in [1.29, 1.82) is 5.26 Å². The topological polar surface area (TPSA) is 71.3 Å². The lowest BCUT2D eigenvalue weighted by Crippen LogP contribution is -2.39. The summed E-state index contributed by atoms with van der Waals surface area (Å²) in [5, 5.41) is 12.7. The zero-order valence-corrected chi connectivity index (χ0v) is 20.3. The molecule has 0 aromatic heterocycles. The first-order valence-corrected chi connectivity index (χ1v) is 13.2. The third kappa shape index (κ3) is 7.59. The van der Waals surface area contributed by atoms with Gasteiger partial charge in [-0.15, -0.1) is 0 Å². The van der Waals surface area contributed by atoms with Gasteiger partial charge in [0.15, 0.2) is 0 Å². The largest absolute Gasteiger partial charge is 0.381 e. The Balaban J connectivity index is 1.39. The molecule has 0 aliphatic heterocycles. The molecule has 0 radical (unpaired) electrons. The van der Waals surface area contributed by atoms with E-state index in [9.17, 15) is 10.1 Å². The molecule has 3 saturated carbocycles. The van der Waals surface area contributed by atoms with E-state index >= 15 is 0 Å².